The van der Waals surface area contributed by atoms with Gasteiger partial charge in [-0.25, -0.2) is 0 Å². The molecule has 0 aliphatic carbocycles. The fourth-order valence-corrected chi connectivity index (χ4v) is 1.27. The Balaban J connectivity index is 0. The van der Waals surface area contributed by atoms with Crippen molar-refractivity contribution in [2.24, 2.45) is 11.7 Å². The number of carboxylic acids is 1. The molecule has 0 saturated carbocycles. The highest BCUT2D eigenvalue weighted by Gasteiger charge is 2.24. The lowest BCUT2D eigenvalue weighted by Crippen LogP contribution is -2.37. The summed E-state index contributed by atoms with van der Waals surface area (Å²) in [6.07, 6.45) is 2.18. The highest BCUT2D eigenvalue weighted by Crippen LogP contribution is 2.13. The molecule has 0 aliphatic heterocycles. The van der Waals surface area contributed by atoms with Crippen LogP contribution in [0, 0.1) is 5.92 Å². The normalized spacial score (nSPS) is 13.2. The predicted molar refractivity (Wildman–Crippen MR) is 64.5 cm³/mol. The minimum Gasteiger partial charge on any atom is -0.480 e. The molecule has 0 bridgehead atoms. The van der Waals surface area contributed by atoms with E-state index in [1.165, 1.54) is 4.90 Å². The third kappa shape index (κ3) is 5.72. The molecule has 0 aromatic heterocycles. The van der Waals surface area contributed by atoms with Crippen LogP contribution in [0.3, 0.4) is 0 Å². The minimum atomic E-state index is -1.09. The second kappa shape index (κ2) is 8.13. The SMILES string of the molecule is C=CCC(C[C@H](N)C(=O)O)C(=O)N(C)C.Cl. The fraction of sp³-hybridized carbons (Fsp3) is 0.600. The predicted octanol–water partition coefficient (Wildman–Crippen LogP) is 0.491. The average Bonchev–Trinajstić information content (AvgIpc) is 2.15. The van der Waals surface area contributed by atoms with Gasteiger partial charge in [0.25, 0.3) is 0 Å². The maximum atomic E-state index is 11.6. The van der Waals surface area contributed by atoms with Crippen molar-refractivity contribution >= 4 is 24.3 Å². The van der Waals surface area contributed by atoms with Gasteiger partial charge >= 0.3 is 5.97 Å². The number of amides is 1. The van der Waals surface area contributed by atoms with Gasteiger partial charge in [-0.1, -0.05) is 6.08 Å². The van der Waals surface area contributed by atoms with Crippen LogP contribution in [0.5, 0.6) is 0 Å². The van der Waals surface area contributed by atoms with Crippen LogP contribution < -0.4 is 5.73 Å². The number of nitrogens with zero attached hydrogens (tertiary/aromatic N) is 1. The van der Waals surface area contributed by atoms with Crippen molar-refractivity contribution in [2.45, 2.75) is 18.9 Å². The van der Waals surface area contributed by atoms with E-state index in [1.807, 2.05) is 0 Å². The number of halogens is 1. The highest BCUT2D eigenvalue weighted by atomic mass is 35.5. The van der Waals surface area contributed by atoms with Gasteiger partial charge in [0, 0.05) is 20.0 Å². The van der Waals surface area contributed by atoms with Crippen LogP contribution in [0.1, 0.15) is 12.8 Å². The third-order valence-corrected chi connectivity index (χ3v) is 2.10. The first-order chi connectivity index (χ1) is 6.90. The summed E-state index contributed by atoms with van der Waals surface area (Å²) in [5, 5.41) is 8.64. The van der Waals surface area contributed by atoms with E-state index in [0.29, 0.717) is 6.42 Å². The molecule has 16 heavy (non-hydrogen) atoms. The molecule has 0 spiro atoms. The van der Waals surface area contributed by atoms with Gasteiger partial charge in [0.2, 0.25) is 5.91 Å². The summed E-state index contributed by atoms with van der Waals surface area (Å²) in [4.78, 5) is 23.6. The standard InChI is InChI=1S/C10H18N2O3.ClH/c1-4-5-7(9(13)12(2)3)6-8(11)10(14)15;/h4,7-8H,1,5-6,11H2,2-3H3,(H,14,15);1H/t7?,8-;/m0./s1. The maximum absolute atomic E-state index is 11.6. The Morgan fingerprint density at radius 3 is 2.31 bits per heavy atom. The molecule has 3 N–H and O–H groups in total. The number of rotatable bonds is 6. The van der Waals surface area contributed by atoms with Crippen LogP contribution in [0.25, 0.3) is 0 Å². The monoisotopic (exact) mass is 250 g/mol. The summed E-state index contributed by atoms with van der Waals surface area (Å²) in [6, 6.07) is -1.00. The molecule has 1 unspecified atom stereocenters. The zero-order valence-electron chi connectivity index (χ0n) is 9.55. The van der Waals surface area contributed by atoms with Crippen LogP contribution in [-0.4, -0.2) is 42.0 Å². The zero-order valence-corrected chi connectivity index (χ0v) is 10.4. The Labute approximate surface area is 102 Å². The molecule has 0 rings (SSSR count). The van der Waals surface area contributed by atoms with E-state index in [1.54, 1.807) is 20.2 Å². The number of nitrogens with two attached hydrogens (primary N) is 1. The number of carbonyl (C=O) groups excluding carboxylic acids is 1. The largest absolute Gasteiger partial charge is 0.480 e. The molecule has 94 valence electrons. The second-order valence-corrected chi connectivity index (χ2v) is 3.63. The van der Waals surface area contributed by atoms with E-state index >= 15 is 0 Å². The van der Waals surface area contributed by atoms with E-state index in [-0.39, 0.29) is 24.7 Å². The Morgan fingerprint density at radius 1 is 1.50 bits per heavy atom. The van der Waals surface area contributed by atoms with Gasteiger partial charge in [-0.05, 0) is 12.8 Å². The molecule has 1 amide bonds. The molecule has 0 aromatic rings. The summed E-state index contributed by atoms with van der Waals surface area (Å²) < 4.78 is 0. The lowest BCUT2D eigenvalue weighted by atomic mass is 9.95. The third-order valence-electron chi connectivity index (χ3n) is 2.10. The van der Waals surface area contributed by atoms with Gasteiger partial charge in [0.15, 0.2) is 0 Å². The number of hydrogen-bond acceptors (Lipinski definition) is 3. The van der Waals surface area contributed by atoms with Crippen LogP contribution >= 0.6 is 12.4 Å². The van der Waals surface area contributed by atoms with Crippen LogP contribution in [-0.2, 0) is 9.59 Å². The molecule has 6 heteroatoms. The quantitative estimate of drug-likeness (QED) is 0.672. The van der Waals surface area contributed by atoms with E-state index in [9.17, 15) is 9.59 Å². The van der Waals surface area contributed by atoms with Gasteiger partial charge in [-0.3, -0.25) is 9.59 Å². The fourth-order valence-electron chi connectivity index (χ4n) is 1.27. The average molecular weight is 251 g/mol. The van der Waals surface area contributed by atoms with E-state index < -0.39 is 17.9 Å². The number of hydrogen-bond donors (Lipinski definition) is 2. The Kier molecular flexibility index (Phi) is 8.80. The lowest BCUT2D eigenvalue weighted by molar-refractivity contribution is -0.139. The Hall–Kier alpha value is -1.07. The number of carboxylic acid groups (broad SMARTS) is 1. The summed E-state index contributed by atoms with van der Waals surface area (Å²) in [5.74, 6) is -1.61. The van der Waals surface area contributed by atoms with Crippen LogP contribution in [0.2, 0.25) is 0 Å². The van der Waals surface area contributed by atoms with Crippen molar-refractivity contribution in [3.63, 3.8) is 0 Å². The van der Waals surface area contributed by atoms with Crippen LogP contribution in [0.4, 0.5) is 0 Å². The topological polar surface area (TPSA) is 83.6 Å². The van der Waals surface area contributed by atoms with E-state index in [0.717, 1.165) is 0 Å². The molecule has 0 fully saturated rings. The highest BCUT2D eigenvalue weighted by molar-refractivity contribution is 5.85. The first-order valence-corrected chi connectivity index (χ1v) is 4.70. The second-order valence-electron chi connectivity index (χ2n) is 3.63. The number of carbonyl (C=O) groups is 2. The van der Waals surface area contributed by atoms with Gasteiger partial charge in [0.05, 0.1) is 0 Å². The zero-order chi connectivity index (χ0) is 12.0. The molecule has 0 aliphatic rings. The van der Waals surface area contributed by atoms with E-state index in [2.05, 4.69) is 6.58 Å². The minimum absolute atomic E-state index is 0. The van der Waals surface area contributed by atoms with Gasteiger partial charge < -0.3 is 15.7 Å². The lowest BCUT2D eigenvalue weighted by Gasteiger charge is -2.20. The molecular formula is C10H19ClN2O3. The van der Waals surface area contributed by atoms with Crippen molar-refractivity contribution in [2.75, 3.05) is 14.1 Å². The van der Waals surface area contributed by atoms with Crippen molar-refractivity contribution in [1.82, 2.24) is 4.90 Å². The Morgan fingerprint density at radius 2 is 2.00 bits per heavy atom. The number of aliphatic carboxylic acids is 1. The first kappa shape index (κ1) is 17.3. The first-order valence-electron chi connectivity index (χ1n) is 4.70. The molecule has 0 saturated heterocycles. The summed E-state index contributed by atoms with van der Waals surface area (Å²) >= 11 is 0. The molecule has 5 nitrogen and oxygen atoms in total. The van der Waals surface area contributed by atoms with Crippen molar-refractivity contribution in [1.29, 1.82) is 0 Å². The molecule has 0 heterocycles. The van der Waals surface area contributed by atoms with Crippen molar-refractivity contribution in [3.8, 4) is 0 Å². The van der Waals surface area contributed by atoms with Crippen molar-refractivity contribution in [3.05, 3.63) is 12.7 Å². The molecule has 0 aromatic carbocycles. The van der Waals surface area contributed by atoms with Gasteiger partial charge in [-0.15, -0.1) is 19.0 Å². The van der Waals surface area contributed by atoms with Crippen LogP contribution in [0.15, 0.2) is 12.7 Å². The molecular weight excluding hydrogens is 232 g/mol. The Bertz CT molecular complexity index is 256. The molecule has 2 atom stereocenters. The summed E-state index contributed by atoms with van der Waals surface area (Å²) in [7, 11) is 3.26. The summed E-state index contributed by atoms with van der Waals surface area (Å²) in [5.41, 5.74) is 5.38. The van der Waals surface area contributed by atoms with E-state index in [4.69, 9.17) is 10.8 Å². The molecule has 0 radical (unpaired) electrons. The van der Waals surface area contributed by atoms with Crippen molar-refractivity contribution < 1.29 is 14.7 Å². The van der Waals surface area contributed by atoms with Gasteiger partial charge in [-0.2, -0.15) is 0 Å². The maximum Gasteiger partial charge on any atom is 0.320 e. The van der Waals surface area contributed by atoms with Gasteiger partial charge in [0.1, 0.15) is 6.04 Å². The summed E-state index contributed by atoms with van der Waals surface area (Å²) in [6.45, 7) is 3.54. The smallest absolute Gasteiger partial charge is 0.320 e. The number of allylic oxidation sites excluding steroid dienone is 1.